The highest BCUT2D eigenvalue weighted by atomic mass is 32.2. The molecular formula is C19H22N2O8S. The van der Waals surface area contributed by atoms with Crippen LogP contribution in [0.1, 0.15) is 17.4 Å². The third kappa shape index (κ3) is 3.98. The first-order valence-corrected chi connectivity index (χ1v) is 11.1. The Balaban J connectivity index is 1.65. The molecule has 0 amide bonds. The molecule has 11 heteroatoms. The second-order valence-electron chi connectivity index (χ2n) is 7.51. The third-order valence-electron chi connectivity index (χ3n) is 5.18. The first kappa shape index (κ1) is 20.9. The van der Waals surface area contributed by atoms with Gasteiger partial charge in [-0.2, -0.15) is 8.42 Å². The van der Waals surface area contributed by atoms with Gasteiger partial charge in [0.2, 0.25) is 0 Å². The van der Waals surface area contributed by atoms with Gasteiger partial charge in [0.15, 0.2) is 6.23 Å². The largest absolute Gasteiger partial charge is 0.367 e. The Kier molecular flexibility index (Phi) is 5.41. The first-order chi connectivity index (χ1) is 14.2. The van der Waals surface area contributed by atoms with Crippen molar-refractivity contribution in [2.45, 2.75) is 37.6 Å². The van der Waals surface area contributed by atoms with Crippen molar-refractivity contribution < 1.29 is 26.8 Å². The molecule has 3 heterocycles. The average Bonchev–Trinajstić information content (AvgIpc) is 3.20. The predicted octanol–water partition coefficient (Wildman–Crippen LogP) is 0.0730. The summed E-state index contributed by atoms with van der Waals surface area (Å²) < 4.78 is 47.4. The van der Waals surface area contributed by atoms with Gasteiger partial charge >= 0.3 is 5.69 Å². The quantitative estimate of drug-likeness (QED) is 0.602. The number of benzene rings is 1. The van der Waals surface area contributed by atoms with Crippen LogP contribution in [0, 0.1) is 6.92 Å². The molecule has 30 heavy (non-hydrogen) atoms. The highest BCUT2D eigenvalue weighted by Gasteiger charge is 2.63. The van der Waals surface area contributed by atoms with Crippen LogP contribution >= 0.6 is 0 Å². The standard InChI is InChI=1S/C19H22N2O8S/c1-12-8-21(18(23)20-16(12)22)17-14-15(26-9-13-6-4-3-5-7-13)19(29-17,10-27-14)11-28-30(2,24)25/h3-8,14-15,17H,9-11H2,1-2H3,(H,20,22,23)/t14?,15?,17-,19-/m1/s1. The molecule has 2 aliphatic rings. The smallest absolute Gasteiger partial charge is 0.330 e. The second-order valence-corrected chi connectivity index (χ2v) is 9.15. The summed E-state index contributed by atoms with van der Waals surface area (Å²) in [5.74, 6) is 0. The summed E-state index contributed by atoms with van der Waals surface area (Å²) in [5.41, 5.74) is -1.14. The Bertz CT molecular complexity index is 1140. The lowest BCUT2D eigenvalue weighted by Gasteiger charge is -2.31. The first-order valence-electron chi connectivity index (χ1n) is 9.30. The normalized spacial score (nSPS) is 28.1. The van der Waals surface area contributed by atoms with Crippen molar-refractivity contribution in [1.82, 2.24) is 9.55 Å². The van der Waals surface area contributed by atoms with Gasteiger partial charge in [-0.05, 0) is 12.5 Å². The van der Waals surface area contributed by atoms with Crippen LogP contribution in [0.2, 0.25) is 0 Å². The minimum Gasteiger partial charge on any atom is -0.367 e. The van der Waals surface area contributed by atoms with Gasteiger partial charge in [-0.25, -0.2) is 4.79 Å². The monoisotopic (exact) mass is 438 g/mol. The zero-order valence-electron chi connectivity index (χ0n) is 16.4. The highest BCUT2D eigenvalue weighted by Crippen LogP contribution is 2.46. The Labute approximate surface area is 172 Å². The molecule has 2 fully saturated rings. The minimum atomic E-state index is -3.74. The van der Waals surface area contributed by atoms with Crippen LogP contribution in [0.25, 0.3) is 0 Å². The van der Waals surface area contributed by atoms with E-state index in [2.05, 4.69) is 4.98 Å². The van der Waals surface area contributed by atoms with Gasteiger partial charge in [0, 0.05) is 11.8 Å². The highest BCUT2D eigenvalue weighted by molar-refractivity contribution is 7.85. The molecule has 2 unspecified atom stereocenters. The van der Waals surface area contributed by atoms with Gasteiger partial charge < -0.3 is 14.2 Å². The van der Waals surface area contributed by atoms with Gasteiger partial charge in [-0.3, -0.25) is 18.5 Å². The molecular weight excluding hydrogens is 416 g/mol. The number of fused-ring (bicyclic) bond motifs is 2. The summed E-state index contributed by atoms with van der Waals surface area (Å²) in [7, 11) is -3.74. The van der Waals surface area contributed by atoms with E-state index in [0.29, 0.717) is 5.56 Å². The maximum Gasteiger partial charge on any atom is 0.330 e. The van der Waals surface area contributed by atoms with E-state index in [1.165, 1.54) is 10.8 Å². The molecule has 0 spiro atoms. The molecule has 1 aromatic carbocycles. The summed E-state index contributed by atoms with van der Waals surface area (Å²) in [6.45, 7) is 1.52. The number of ether oxygens (including phenoxy) is 3. The molecule has 2 saturated heterocycles. The molecule has 162 valence electrons. The fourth-order valence-electron chi connectivity index (χ4n) is 3.71. The van der Waals surface area contributed by atoms with Crippen LogP contribution in [-0.4, -0.2) is 55.2 Å². The third-order valence-corrected chi connectivity index (χ3v) is 5.73. The van der Waals surface area contributed by atoms with Crippen molar-refractivity contribution >= 4 is 10.1 Å². The Morgan fingerprint density at radius 1 is 1.27 bits per heavy atom. The number of H-pyrrole nitrogens is 1. The molecule has 4 rings (SSSR count). The summed E-state index contributed by atoms with van der Waals surface area (Å²) in [4.78, 5) is 26.3. The van der Waals surface area contributed by atoms with E-state index >= 15 is 0 Å². The SMILES string of the molecule is Cc1cn([C@@H]2O[C@@]3(COS(C)(=O)=O)COC2C3OCc2ccccc2)c(=O)[nH]c1=O. The van der Waals surface area contributed by atoms with Crippen molar-refractivity contribution in [3.63, 3.8) is 0 Å². The number of aromatic nitrogens is 2. The molecule has 0 saturated carbocycles. The number of hydrogen-bond acceptors (Lipinski definition) is 8. The fourth-order valence-corrected chi connectivity index (χ4v) is 4.12. The maximum atomic E-state index is 12.4. The molecule has 10 nitrogen and oxygen atoms in total. The van der Waals surface area contributed by atoms with Crippen LogP contribution in [0.5, 0.6) is 0 Å². The van der Waals surface area contributed by atoms with E-state index in [4.69, 9.17) is 18.4 Å². The second kappa shape index (κ2) is 7.75. The zero-order valence-corrected chi connectivity index (χ0v) is 17.3. The Morgan fingerprint density at radius 2 is 2.00 bits per heavy atom. The number of aryl methyl sites for hydroxylation is 1. The van der Waals surface area contributed by atoms with Crippen LogP contribution < -0.4 is 11.2 Å². The van der Waals surface area contributed by atoms with Crippen LogP contribution in [0.4, 0.5) is 0 Å². The summed E-state index contributed by atoms with van der Waals surface area (Å²) in [5, 5.41) is 0. The fraction of sp³-hybridized carbons (Fsp3) is 0.474. The van der Waals surface area contributed by atoms with Gasteiger partial charge in [-0.15, -0.1) is 0 Å². The molecule has 1 N–H and O–H groups in total. The minimum absolute atomic E-state index is 0.0419. The van der Waals surface area contributed by atoms with E-state index < -0.39 is 45.4 Å². The molecule has 2 bridgehead atoms. The predicted molar refractivity (Wildman–Crippen MR) is 104 cm³/mol. The van der Waals surface area contributed by atoms with E-state index in [0.717, 1.165) is 11.8 Å². The Morgan fingerprint density at radius 3 is 2.70 bits per heavy atom. The average molecular weight is 438 g/mol. The van der Waals surface area contributed by atoms with E-state index in [9.17, 15) is 18.0 Å². The van der Waals surface area contributed by atoms with Gasteiger partial charge in [0.25, 0.3) is 15.7 Å². The van der Waals surface area contributed by atoms with Crippen LogP contribution in [0.15, 0.2) is 46.1 Å². The topological polar surface area (TPSA) is 126 Å². The number of nitrogens with zero attached hydrogens (tertiary/aromatic N) is 1. The van der Waals surface area contributed by atoms with Crippen molar-refractivity contribution in [2.75, 3.05) is 19.5 Å². The van der Waals surface area contributed by atoms with Gasteiger partial charge in [0.1, 0.15) is 24.4 Å². The number of nitrogens with one attached hydrogen (secondary N) is 1. The Hall–Kier alpha value is -2.31. The lowest BCUT2D eigenvalue weighted by molar-refractivity contribution is -0.185. The molecule has 0 aliphatic carbocycles. The van der Waals surface area contributed by atoms with Crippen molar-refractivity contribution in [3.05, 3.63) is 68.5 Å². The van der Waals surface area contributed by atoms with E-state index in [-0.39, 0.29) is 19.8 Å². The lowest BCUT2D eigenvalue weighted by atomic mass is 10.00. The summed E-state index contributed by atoms with van der Waals surface area (Å²) in [6.07, 6.45) is 0.0306. The molecule has 2 aromatic rings. The number of hydrogen-bond donors (Lipinski definition) is 1. The molecule has 4 atom stereocenters. The number of aromatic amines is 1. The molecule has 2 aliphatic heterocycles. The van der Waals surface area contributed by atoms with Gasteiger partial charge in [0.05, 0.1) is 19.5 Å². The van der Waals surface area contributed by atoms with E-state index in [1.54, 1.807) is 6.92 Å². The lowest BCUT2D eigenvalue weighted by Crippen LogP contribution is -2.47. The maximum absolute atomic E-state index is 12.4. The van der Waals surface area contributed by atoms with Crippen molar-refractivity contribution in [3.8, 4) is 0 Å². The number of rotatable bonds is 7. The van der Waals surface area contributed by atoms with E-state index in [1.807, 2.05) is 30.3 Å². The zero-order chi connectivity index (χ0) is 21.5. The summed E-state index contributed by atoms with van der Waals surface area (Å²) in [6, 6.07) is 9.43. The molecule has 0 radical (unpaired) electrons. The van der Waals surface area contributed by atoms with Crippen LogP contribution in [0.3, 0.4) is 0 Å². The van der Waals surface area contributed by atoms with Crippen molar-refractivity contribution in [1.29, 1.82) is 0 Å². The summed E-state index contributed by atoms with van der Waals surface area (Å²) >= 11 is 0. The van der Waals surface area contributed by atoms with Gasteiger partial charge in [-0.1, -0.05) is 30.3 Å². The van der Waals surface area contributed by atoms with Crippen LogP contribution in [-0.2, 0) is 35.1 Å². The molecule has 1 aromatic heterocycles. The van der Waals surface area contributed by atoms with Crippen molar-refractivity contribution in [2.24, 2.45) is 0 Å².